The van der Waals surface area contributed by atoms with Crippen molar-refractivity contribution in [3.63, 3.8) is 0 Å². The zero-order valence-corrected chi connectivity index (χ0v) is 15.4. The molecular weight excluding hydrogens is 371 g/mol. The number of nitrogens with zero attached hydrogens (tertiary/aromatic N) is 4. The van der Waals surface area contributed by atoms with Gasteiger partial charge >= 0.3 is 6.18 Å². The van der Waals surface area contributed by atoms with Crippen LogP contribution in [0.2, 0.25) is 0 Å². The van der Waals surface area contributed by atoms with Crippen molar-refractivity contribution >= 4 is 17.2 Å². The Balaban J connectivity index is 1.77. The summed E-state index contributed by atoms with van der Waals surface area (Å²) in [6.45, 7) is 2.96. The molecule has 0 radical (unpaired) electrons. The van der Waals surface area contributed by atoms with Crippen LogP contribution in [0.15, 0.2) is 36.8 Å². The molecule has 0 bridgehead atoms. The molecule has 6 nitrogen and oxygen atoms in total. The molecular formula is C19H18F3N5O. The lowest BCUT2D eigenvalue weighted by molar-refractivity contribution is -0.138. The minimum Gasteiger partial charge on any atom is -0.480 e. The molecule has 0 amide bonds. The number of rotatable bonds is 4. The summed E-state index contributed by atoms with van der Waals surface area (Å²) in [5, 5.41) is 2.32. The summed E-state index contributed by atoms with van der Waals surface area (Å²) in [4.78, 5) is 12.8. The van der Waals surface area contributed by atoms with Crippen molar-refractivity contribution in [3.05, 3.63) is 53.6 Å². The number of anilines is 1. The zero-order valence-electron chi connectivity index (χ0n) is 15.4. The van der Waals surface area contributed by atoms with Crippen LogP contribution in [0.1, 0.15) is 36.6 Å². The van der Waals surface area contributed by atoms with Gasteiger partial charge in [0.15, 0.2) is 0 Å². The third-order valence-corrected chi connectivity index (χ3v) is 4.75. The van der Waals surface area contributed by atoms with E-state index in [4.69, 9.17) is 4.74 Å². The quantitative estimate of drug-likeness (QED) is 0.730. The maximum atomic E-state index is 12.9. The number of fused-ring (bicyclic) bond motifs is 2. The van der Waals surface area contributed by atoms with Crippen LogP contribution in [0.25, 0.3) is 11.2 Å². The monoisotopic (exact) mass is 389 g/mol. The van der Waals surface area contributed by atoms with E-state index >= 15 is 0 Å². The second-order valence-electron chi connectivity index (χ2n) is 6.70. The Hall–Kier alpha value is -3.10. The summed E-state index contributed by atoms with van der Waals surface area (Å²) in [5.41, 5.74) is 3.94. The molecule has 146 valence electrons. The largest absolute Gasteiger partial charge is 0.480 e. The Morgan fingerprint density at radius 2 is 2.04 bits per heavy atom. The Labute approximate surface area is 159 Å². The van der Waals surface area contributed by atoms with Gasteiger partial charge in [0.05, 0.1) is 18.4 Å². The number of ether oxygens (including phenoxy) is 1. The molecule has 0 aliphatic heterocycles. The Morgan fingerprint density at radius 3 is 2.75 bits per heavy atom. The Kier molecular flexibility index (Phi) is 4.24. The van der Waals surface area contributed by atoms with Crippen molar-refractivity contribution in [1.29, 1.82) is 0 Å². The maximum Gasteiger partial charge on any atom is 0.408 e. The summed E-state index contributed by atoms with van der Waals surface area (Å²) >= 11 is 0. The van der Waals surface area contributed by atoms with E-state index in [0.717, 1.165) is 23.7 Å². The minimum absolute atomic E-state index is 0.0953. The molecule has 0 fully saturated rings. The number of allylic oxidation sites excluding steroid dienone is 1. The number of aromatic nitrogens is 4. The molecule has 0 saturated heterocycles. The number of halogens is 3. The summed E-state index contributed by atoms with van der Waals surface area (Å²) in [5.74, 6) is 0.0392. The second kappa shape index (κ2) is 6.50. The van der Waals surface area contributed by atoms with Crippen molar-refractivity contribution < 1.29 is 17.9 Å². The Bertz CT molecular complexity index is 1070. The molecule has 9 heteroatoms. The number of pyridine rings is 1. The highest BCUT2D eigenvalue weighted by molar-refractivity contribution is 5.87. The van der Waals surface area contributed by atoms with Crippen LogP contribution in [0.4, 0.5) is 19.1 Å². The van der Waals surface area contributed by atoms with Crippen molar-refractivity contribution in [2.75, 3.05) is 12.4 Å². The molecule has 0 aromatic carbocycles. The average Bonchev–Trinajstić information content (AvgIpc) is 3.24. The van der Waals surface area contributed by atoms with Gasteiger partial charge in [0, 0.05) is 24.5 Å². The normalized spacial score (nSPS) is 17.4. The zero-order chi connectivity index (χ0) is 20.1. The lowest BCUT2D eigenvalue weighted by atomic mass is 10.0. The maximum absolute atomic E-state index is 12.9. The molecule has 4 rings (SSSR count). The molecule has 1 aliphatic carbocycles. The first-order valence-corrected chi connectivity index (χ1v) is 8.72. The van der Waals surface area contributed by atoms with Crippen molar-refractivity contribution in [1.82, 2.24) is 19.4 Å². The summed E-state index contributed by atoms with van der Waals surface area (Å²) in [7, 11) is 1.44. The van der Waals surface area contributed by atoms with Crippen molar-refractivity contribution in [2.45, 2.75) is 32.0 Å². The lowest BCUT2D eigenvalue weighted by Gasteiger charge is -2.19. The standard InChI is InChI=1S/C19H18F3N5O/c1-10-8-13(12-4-5-14-23-6-7-27(14)9-12)15-16(10)25-18(26-17(15)28-3)24-11(2)19(20,21)22/h4-11H,1-3H3,(H,24,25,26)/t10-,11+/m0/s1. The van der Waals surface area contributed by atoms with Crippen LogP contribution in [0, 0.1) is 0 Å². The molecule has 0 unspecified atom stereocenters. The van der Waals surface area contributed by atoms with E-state index in [2.05, 4.69) is 20.3 Å². The van der Waals surface area contributed by atoms with E-state index < -0.39 is 12.2 Å². The molecule has 28 heavy (non-hydrogen) atoms. The van der Waals surface area contributed by atoms with Crippen LogP contribution >= 0.6 is 0 Å². The van der Waals surface area contributed by atoms with E-state index in [1.807, 2.05) is 41.9 Å². The van der Waals surface area contributed by atoms with Crippen LogP contribution < -0.4 is 10.1 Å². The fourth-order valence-electron chi connectivity index (χ4n) is 3.26. The Morgan fingerprint density at radius 1 is 1.25 bits per heavy atom. The lowest BCUT2D eigenvalue weighted by Crippen LogP contribution is -2.34. The van der Waals surface area contributed by atoms with E-state index in [1.54, 1.807) is 6.20 Å². The number of alkyl halides is 3. The average molecular weight is 389 g/mol. The molecule has 1 aliphatic rings. The number of imidazole rings is 1. The first-order chi connectivity index (χ1) is 13.3. The van der Waals surface area contributed by atoms with Crippen molar-refractivity contribution in [2.24, 2.45) is 0 Å². The fraction of sp³-hybridized carbons (Fsp3) is 0.316. The molecule has 0 spiro atoms. The first kappa shape index (κ1) is 18.3. The van der Waals surface area contributed by atoms with Crippen molar-refractivity contribution in [3.8, 4) is 5.88 Å². The van der Waals surface area contributed by atoms with Gasteiger partial charge in [0.1, 0.15) is 11.7 Å². The van der Waals surface area contributed by atoms with Crippen LogP contribution in [-0.4, -0.2) is 38.7 Å². The van der Waals surface area contributed by atoms with E-state index in [1.165, 1.54) is 7.11 Å². The van der Waals surface area contributed by atoms with Gasteiger partial charge in [-0.15, -0.1) is 0 Å². The highest BCUT2D eigenvalue weighted by atomic mass is 19.4. The van der Waals surface area contributed by atoms with Crippen LogP contribution in [0.5, 0.6) is 5.88 Å². The van der Waals surface area contributed by atoms with Gasteiger partial charge < -0.3 is 14.5 Å². The highest BCUT2D eigenvalue weighted by Crippen LogP contribution is 2.43. The summed E-state index contributed by atoms with van der Waals surface area (Å²) in [6.07, 6.45) is 3.11. The van der Waals surface area contributed by atoms with Crippen LogP contribution in [0.3, 0.4) is 0 Å². The number of methoxy groups -OCH3 is 1. The van der Waals surface area contributed by atoms with Gasteiger partial charge in [-0.05, 0) is 30.2 Å². The SMILES string of the molecule is COc1nc(N[C@H](C)C(F)(F)F)nc2c1C(c1ccc3nccn3c1)=C[C@@H]2C. The fourth-order valence-corrected chi connectivity index (χ4v) is 3.26. The summed E-state index contributed by atoms with van der Waals surface area (Å²) in [6, 6.07) is 2.06. The number of nitrogens with one attached hydrogen (secondary N) is 1. The topological polar surface area (TPSA) is 64.3 Å². The molecule has 3 aromatic rings. The van der Waals surface area contributed by atoms with Gasteiger partial charge in [-0.25, -0.2) is 9.97 Å². The van der Waals surface area contributed by atoms with Gasteiger partial charge in [-0.1, -0.05) is 13.0 Å². The number of hydrogen-bond acceptors (Lipinski definition) is 5. The van der Waals surface area contributed by atoms with E-state index in [9.17, 15) is 13.2 Å². The molecule has 1 N–H and O–H groups in total. The van der Waals surface area contributed by atoms with Gasteiger partial charge in [-0.3, -0.25) is 0 Å². The molecule has 2 atom stereocenters. The molecule has 3 aromatic heterocycles. The van der Waals surface area contributed by atoms with Gasteiger partial charge in [0.2, 0.25) is 11.8 Å². The number of hydrogen-bond donors (Lipinski definition) is 1. The molecule has 3 heterocycles. The smallest absolute Gasteiger partial charge is 0.408 e. The molecule has 0 saturated carbocycles. The predicted molar refractivity (Wildman–Crippen MR) is 98.4 cm³/mol. The van der Waals surface area contributed by atoms with E-state index in [0.29, 0.717) is 11.3 Å². The second-order valence-corrected chi connectivity index (χ2v) is 6.70. The predicted octanol–water partition coefficient (Wildman–Crippen LogP) is 4.04. The first-order valence-electron chi connectivity index (χ1n) is 8.72. The minimum atomic E-state index is -4.40. The van der Waals surface area contributed by atoms with Gasteiger partial charge in [-0.2, -0.15) is 18.2 Å². The van der Waals surface area contributed by atoms with Gasteiger partial charge in [0.25, 0.3) is 0 Å². The highest BCUT2D eigenvalue weighted by Gasteiger charge is 2.37. The third kappa shape index (κ3) is 3.06. The third-order valence-electron chi connectivity index (χ3n) is 4.75. The summed E-state index contributed by atoms with van der Waals surface area (Å²) < 4.78 is 46.0. The van der Waals surface area contributed by atoms with E-state index in [-0.39, 0.29) is 17.7 Å². The van der Waals surface area contributed by atoms with Crippen LogP contribution in [-0.2, 0) is 0 Å².